The maximum absolute atomic E-state index is 12.9. The van der Waals surface area contributed by atoms with Gasteiger partial charge in [-0.3, -0.25) is 9.10 Å². The summed E-state index contributed by atoms with van der Waals surface area (Å²) < 4.78 is 27.0. The zero-order chi connectivity index (χ0) is 17.1. The third-order valence-corrected chi connectivity index (χ3v) is 6.22. The lowest BCUT2D eigenvalue weighted by Gasteiger charge is -2.17. The second-order valence-corrected chi connectivity index (χ2v) is 7.89. The van der Waals surface area contributed by atoms with E-state index in [0.29, 0.717) is 16.6 Å². The lowest BCUT2D eigenvalue weighted by Crippen LogP contribution is -2.32. The minimum atomic E-state index is -3.71. The van der Waals surface area contributed by atoms with Crippen LogP contribution in [0.1, 0.15) is 21.7 Å². The summed E-state index contributed by atoms with van der Waals surface area (Å²) in [5, 5.41) is 1.55. The maximum atomic E-state index is 12.9. The van der Waals surface area contributed by atoms with Crippen LogP contribution < -0.4 is 4.31 Å². The molecular weight excluding hydrogens is 324 g/mol. The number of rotatable bonds is 3. The van der Waals surface area contributed by atoms with E-state index in [1.54, 1.807) is 24.3 Å². The fourth-order valence-electron chi connectivity index (χ4n) is 3.36. The minimum absolute atomic E-state index is 0.200. The summed E-state index contributed by atoms with van der Waals surface area (Å²) in [4.78, 5) is 16.0. The second kappa shape index (κ2) is 4.95. The molecule has 122 valence electrons. The third-order valence-electron chi connectivity index (χ3n) is 4.42. The van der Waals surface area contributed by atoms with E-state index in [1.807, 2.05) is 32.0 Å². The number of H-pyrrole nitrogens is 1. The van der Waals surface area contributed by atoms with Crippen molar-refractivity contribution >= 4 is 32.3 Å². The fourth-order valence-corrected chi connectivity index (χ4v) is 5.02. The Balaban J connectivity index is 1.82. The molecule has 1 aliphatic heterocycles. The van der Waals surface area contributed by atoms with Gasteiger partial charge in [0.25, 0.3) is 10.0 Å². The van der Waals surface area contributed by atoms with E-state index >= 15 is 0 Å². The van der Waals surface area contributed by atoms with Crippen molar-refractivity contribution in [2.75, 3.05) is 10.8 Å². The van der Waals surface area contributed by atoms with Crippen LogP contribution in [0, 0.1) is 13.8 Å². The first-order chi connectivity index (χ1) is 11.4. The van der Waals surface area contributed by atoms with Gasteiger partial charge in [0.2, 0.25) is 0 Å². The van der Waals surface area contributed by atoms with Gasteiger partial charge in [-0.1, -0.05) is 24.3 Å². The van der Waals surface area contributed by atoms with Gasteiger partial charge < -0.3 is 4.98 Å². The Morgan fingerprint density at radius 2 is 1.83 bits per heavy atom. The van der Waals surface area contributed by atoms with Crippen LogP contribution in [0.25, 0.3) is 10.8 Å². The van der Waals surface area contributed by atoms with Gasteiger partial charge >= 0.3 is 0 Å². The molecule has 0 aliphatic carbocycles. The topological polar surface area (TPSA) is 70.2 Å². The first-order valence-electron chi connectivity index (χ1n) is 7.63. The summed E-state index contributed by atoms with van der Waals surface area (Å²) in [5.74, 6) is -0.217. The van der Waals surface area contributed by atoms with Crippen LogP contribution in [0.5, 0.6) is 0 Å². The molecule has 2 aromatic carbocycles. The van der Waals surface area contributed by atoms with Crippen molar-refractivity contribution in [2.24, 2.45) is 0 Å². The lowest BCUT2D eigenvalue weighted by atomic mass is 10.1. The maximum Gasteiger partial charge on any atom is 0.265 e. The molecule has 1 aromatic heterocycles. The molecule has 0 saturated carbocycles. The van der Waals surface area contributed by atoms with Crippen LogP contribution in [-0.2, 0) is 10.0 Å². The molecule has 5 nitrogen and oxygen atoms in total. The average molecular weight is 340 g/mol. The predicted octanol–water partition coefficient (Wildman–Crippen LogP) is 3.18. The Bertz CT molecular complexity index is 1090. The SMILES string of the molecule is Cc1cc(C(=O)CN2c3cccc4cccc(c34)S2(=O)=O)c(C)[nH]1. The Labute approximate surface area is 140 Å². The van der Waals surface area contributed by atoms with Crippen LogP contribution in [0.3, 0.4) is 0 Å². The molecular formula is C18H16N2O3S. The molecule has 1 aliphatic rings. The molecule has 0 bridgehead atoms. The van der Waals surface area contributed by atoms with E-state index < -0.39 is 10.0 Å². The van der Waals surface area contributed by atoms with Crippen molar-refractivity contribution in [1.82, 2.24) is 4.98 Å². The van der Waals surface area contributed by atoms with E-state index in [-0.39, 0.29) is 17.2 Å². The summed E-state index contributed by atoms with van der Waals surface area (Å²) in [6.07, 6.45) is 0. The van der Waals surface area contributed by atoms with E-state index in [0.717, 1.165) is 16.8 Å². The Kier molecular flexibility index (Phi) is 3.08. The van der Waals surface area contributed by atoms with Crippen molar-refractivity contribution in [3.8, 4) is 0 Å². The molecule has 0 amide bonds. The molecule has 0 fully saturated rings. The van der Waals surface area contributed by atoms with E-state index in [9.17, 15) is 13.2 Å². The number of aromatic nitrogens is 1. The summed E-state index contributed by atoms with van der Waals surface area (Å²) in [7, 11) is -3.71. The highest BCUT2D eigenvalue weighted by Crippen LogP contribution is 2.41. The number of nitrogens with one attached hydrogen (secondary N) is 1. The summed E-state index contributed by atoms with van der Waals surface area (Å²) in [5.41, 5.74) is 2.74. The molecule has 0 unspecified atom stereocenters. The van der Waals surface area contributed by atoms with E-state index in [1.165, 1.54) is 4.31 Å². The molecule has 0 spiro atoms. The van der Waals surface area contributed by atoms with Gasteiger partial charge in [0, 0.05) is 22.3 Å². The standard InChI is InChI=1S/C18H16N2O3S/c1-11-9-14(12(2)19-11)16(21)10-20-15-7-3-5-13-6-4-8-17(18(13)15)24(20,22)23/h3-9,19H,10H2,1-2H3. The number of carbonyl (C=O) groups excluding carboxylic acids is 1. The van der Waals surface area contributed by atoms with Crippen LogP contribution in [0.4, 0.5) is 5.69 Å². The van der Waals surface area contributed by atoms with Gasteiger partial charge in [-0.2, -0.15) is 0 Å². The average Bonchev–Trinajstić information content (AvgIpc) is 2.99. The highest BCUT2D eigenvalue weighted by atomic mass is 32.2. The van der Waals surface area contributed by atoms with Crippen LogP contribution in [-0.4, -0.2) is 25.7 Å². The lowest BCUT2D eigenvalue weighted by molar-refractivity contribution is 0.100. The van der Waals surface area contributed by atoms with Gasteiger partial charge in [0.05, 0.1) is 17.1 Å². The first-order valence-corrected chi connectivity index (χ1v) is 9.07. The molecule has 6 heteroatoms. The molecule has 4 rings (SSSR count). The zero-order valence-electron chi connectivity index (χ0n) is 13.3. The van der Waals surface area contributed by atoms with Gasteiger partial charge in [-0.05, 0) is 37.4 Å². The van der Waals surface area contributed by atoms with Gasteiger partial charge in [0.15, 0.2) is 5.78 Å². The van der Waals surface area contributed by atoms with Gasteiger partial charge in [0.1, 0.15) is 0 Å². The zero-order valence-corrected chi connectivity index (χ0v) is 14.1. The number of hydrogen-bond donors (Lipinski definition) is 1. The summed E-state index contributed by atoms with van der Waals surface area (Å²) in [6.45, 7) is 3.48. The number of carbonyl (C=O) groups is 1. The Morgan fingerprint density at radius 1 is 1.12 bits per heavy atom. The predicted molar refractivity (Wildman–Crippen MR) is 93.1 cm³/mol. The number of hydrogen-bond acceptors (Lipinski definition) is 3. The van der Waals surface area contributed by atoms with Crippen LogP contribution in [0.15, 0.2) is 47.4 Å². The Morgan fingerprint density at radius 3 is 2.50 bits per heavy atom. The number of aryl methyl sites for hydroxylation is 2. The molecule has 1 N–H and O–H groups in total. The normalized spacial score (nSPS) is 15.2. The summed E-state index contributed by atoms with van der Waals surface area (Å²) in [6, 6.07) is 12.4. The number of Topliss-reactive ketones (excluding diaryl/α,β-unsaturated/α-hetero) is 1. The molecule has 0 saturated heterocycles. The third kappa shape index (κ3) is 1.99. The van der Waals surface area contributed by atoms with Crippen molar-refractivity contribution in [3.05, 3.63) is 59.4 Å². The monoisotopic (exact) mass is 340 g/mol. The number of sulfonamides is 1. The van der Waals surface area contributed by atoms with Crippen LogP contribution in [0.2, 0.25) is 0 Å². The molecule has 3 aromatic rings. The van der Waals surface area contributed by atoms with E-state index in [2.05, 4.69) is 4.98 Å². The van der Waals surface area contributed by atoms with Crippen molar-refractivity contribution < 1.29 is 13.2 Å². The molecule has 2 heterocycles. The van der Waals surface area contributed by atoms with E-state index in [4.69, 9.17) is 0 Å². The van der Waals surface area contributed by atoms with Crippen molar-refractivity contribution in [1.29, 1.82) is 0 Å². The van der Waals surface area contributed by atoms with Gasteiger partial charge in [-0.15, -0.1) is 0 Å². The van der Waals surface area contributed by atoms with Crippen LogP contribution >= 0.6 is 0 Å². The fraction of sp³-hybridized carbons (Fsp3) is 0.167. The largest absolute Gasteiger partial charge is 0.362 e. The number of anilines is 1. The molecule has 24 heavy (non-hydrogen) atoms. The second-order valence-electron chi connectivity index (χ2n) is 6.06. The highest BCUT2D eigenvalue weighted by Gasteiger charge is 2.36. The minimum Gasteiger partial charge on any atom is -0.362 e. The Hall–Kier alpha value is -2.60. The smallest absolute Gasteiger partial charge is 0.265 e. The van der Waals surface area contributed by atoms with Gasteiger partial charge in [-0.25, -0.2) is 8.42 Å². The highest BCUT2D eigenvalue weighted by molar-refractivity contribution is 7.93. The summed E-state index contributed by atoms with van der Waals surface area (Å²) >= 11 is 0. The number of benzene rings is 2. The molecule has 0 radical (unpaired) electrons. The molecule has 0 atom stereocenters. The number of ketones is 1. The number of aromatic amines is 1. The number of nitrogens with zero attached hydrogens (tertiary/aromatic N) is 1. The quantitative estimate of drug-likeness (QED) is 0.745. The first kappa shape index (κ1) is 15.0. The van der Waals surface area contributed by atoms with Crippen molar-refractivity contribution in [2.45, 2.75) is 18.7 Å². The van der Waals surface area contributed by atoms with Crippen molar-refractivity contribution in [3.63, 3.8) is 0 Å².